The Labute approximate surface area is 139 Å². The van der Waals surface area contributed by atoms with Crippen LogP contribution in [-0.4, -0.2) is 25.5 Å². The highest BCUT2D eigenvalue weighted by Crippen LogP contribution is 2.25. The first-order valence-corrected chi connectivity index (χ1v) is 9.40. The molecule has 23 heavy (non-hydrogen) atoms. The summed E-state index contributed by atoms with van der Waals surface area (Å²) in [6.07, 6.45) is 0.769. The molecule has 0 aliphatic rings. The number of amides is 1. The second kappa shape index (κ2) is 7.01. The third-order valence-electron chi connectivity index (χ3n) is 3.24. The first kappa shape index (κ1) is 17.3. The fourth-order valence-corrected chi connectivity index (χ4v) is 3.85. The molecule has 0 bridgehead atoms. The van der Waals surface area contributed by atoms with Gasteiger partial charge in [-0.2, -0.15) is 0 Å². The number of thiophene rings is 1. The van der Waals surface area contributed by atoms with E-state index in [9.17, 15) is 18.3 Å². The van der Waals surface area contributed by atoms with Gasteiger partial charge in [0.15, 0.2) is 0 Å². The number of hydrogen-bond donors (Lipinski definition) is 3. The zero-order chi connectivity index (χ0) is 17.0. The van der Waals surface area contributed by atoms with Crippen molar-refractivity contribution < 1.29 is 18.3 Å². The van der Waals surface area contributed by atoms with Crippen molar-refractivity contribution in [3.05, 3.63) is 41.3 Å². The molecule has 1 heterocycles. The fourth-order valence-electron chi connectivity index (χ4n) is 1.81. The Morgan fingerprint density at radius 3 is 2.65 bits per heavy atom. The van der Waals surface area contributed by atoms with Crippen LogP contribution in [0.4, 0.5) is 5.69 Å². The summed E-state index contributed by atoms with van der Waals surface area (Å²) in [5.41, 5.74) is 0.292. The summed E-state index contributed by atoms with van der Waals surface area (Å²) in [4.78, 5) is 12.0. The average molecular weight is 354 g/mol. The predicted molar refractivity (Wildman–Crippen MR) is 90.5 cm³/mol. The summed E-state index contributed by atoms with van der Waals surface area (Å²) in [7, 11) is -3.69. The van der Waals surface area contributed by atoms with E-state index >= 15 is 0 Å². The van der Waals surface area contributed by atoms with Crippen molar-refractivity contribution in [3.8, 4) is 5.75 Å². The molecular weight excluding hydrogens is 336 g/mol. The van der Waals surface area contributed by atoms with Gasteiger partial charge in [-0.05, 0) is 36.9 Å². The lowest BCUT2D eigenvalue weighted by molar-refractivity contribution is 0.0936. The maximum atomic E-state index is 12.1. The van der Waals surface area contributed by atoms with Gasteiger partial charge in [-0.1, -0.05) is 13.0 Å². The Morgan fingerprint density at radius 2 is 2.09 bits per heavy atom. The normalized spacial score (nSPS) is 12.6. The van der Waals surface area contributed by atoms with Gasteiger partial charge in [0, 0.05) is 12.1 Å². The minimum absolute atomic E-state index is 0.0149. The van der Waals surface area contributed by atoms with E-state index in [1.54, 1.807) is 11.4 Å². The Bertz CT molecular complexity index is 786. The number of sulfonamides is 1. The van der Waals surface area contributed by atoms with E-state index in [0.29, 0.717) is 0 Å². The summed E-state index contributed by atoms with van der Waals surface area (Å²) in [6, 6.07) is 7.16. The van der Waals surface area contributed by atoms with Crippen LogP contribution in [0.1, 0.15) is 30.6 Å². The number of phenolic OH excluding ortho intramolecular Hbond substituents is 1. The van der Waals surface area contributed by atoms with E-state index in [2.05, 4.69) is 10.0 Å². The average Bonchev–Trinajstić information content (AvgIpc) is 3.01. The summed E-state index contributed by atoms with van der Waals surface area (Å²) >= 11 is 1.09. The van der Waals surface area contributed by atoms with Gasteiger partial charge in [-0.15, -0.1) is 11.3 Å². The van der Waals surface area contributed by atoms with E-state index in [-0.39, 0.29) is 27.3 Å². The molecule has 8 heteroatoms. The number of benzene rings is 1. The molecule has 0 aliphatic carbocycles. The number of anilines is 1. The van der Waals surface area contributed by atoms with E-state index in [0.717, 1.165) is 17.8 Å². The van der Waals surface area contributed by atoms with Crippen LogP contribution in [-0.2, 0) is 10.0 Å². The molecule has 2 aromatic rings. The summed E-state index contributed by atoms with van der Waals surface area (Å²) in [5.74, 6) is -0.679. The lowest BCUT2D eigenvalue weighted by atomic mass is 10.1. The van der Waals surface area contributed by atoms with Crippen molar-refractivity contribution in [1.29, 1.82) is 0 Å². The van der Waals surface area contributed by atoms with Gasteiger partial charge in [0.25, 0.3) is 15.9 Å². The van der Waals surface area contributed by atoms with Crippen LogP contribution in [0.15, 0.2) is 39.9 Å². The van der Waals surface area contributed by atoms with Crippen LogP contribution in [0.5, 0.6) is 5.75 Å². The number of carbonyl (C=O) groups excluding carboxylic acids is 1. The Hall–Kier alpha value is -2.06. The second-order valence-corrected chi connectivity index (χ2v) is 7.91. The number of rotatable bonds is 6. The molecule has 6 nitrogen and oxygen atoms in total. The van der Waals surface area contributed by atoms with Gasteiger partial charge in [-0.3, -0.25) is 9.52 Å². The van der Waals surface area contributed by atoms with Gasteiger partial charge in [0.1, 0.15) is 9.96 Å². The number of carbonyl (C=O) groups is 1. The molecule has 1 amide bonds. The lowest BCUT2D eigenvalue weighted by Gasteiger charge is -2.13. The van der Waals surface area contributed by atoms with Crippen molar-refractivity contribution in [3.63, 3.8) is 0 Å². The van der Waals surface area contributed by atoms with Crippen LogP contribution in [0.3, 0.4) is 0 Å². The topological polar surface area (TPSA) is 95.5 Å². The van der Waals surface area contributed by atoms with Crippen LogP contribution in [0.25, 0.3) is 0 Å². The summed E-state index contributed by atoms with van der Waals surface area (Å²) in [6.45, 7) is 3.80. The zero-order valence-corrected chi connectivity index (χ0v) is 14.4. The smallest absolute Gasteiger partial charge is 0.271 e. The quantitative estimate of drug-likeness (QED) is 0.743. The number of aromatic hydroxyl groups is 1. The number of nitrogens with one attached hydrogen (secondary N) is 2. The molecule has 124 valence electrons. The molecular formula is C15H18N2O4S2. The first-order chi connectivity index (χ1) is 10.8. The standard InChI is InChI=1S/C15H18N2O4S2/c1-3-10(2)16-15(19)12-7-6-11(9-13(12)18)17-23(20,21)14-5-4-8-22-14/h4-10,17-18H,3H2,1-2H3,(H,16,19)/t10-/m0/s1. The van der Waals surface area contributed by atoms with E-state index in [1.807, 2.05) is 13.8 Å². The molecule has 3 N–H and O–H groups in total. The van der Waals surface area contributed by atoms with Gasteiger partial charge >= 0.3 is 0 Å². The molecule has 0 aliphatic heterocycles. The third-order valence-corrected chi connectivity index (χ3v) is 6.02. The van der Waals surface area contributed by atoms with Gasteiger partial charge in [0.05, 0.1) is 11.3 Å². The van der Waals surface area contributed by atoms with Gasteiger partial charge in [0.2, 0.25) is 0 Å². The molecule has 1 aromatic heterocycles. The van der Waals surface area contributed by atoms with Crippen molar-refractivity contribution >= 4 is 33.0 Å². The largest absolute Gasteiger partial charge is 0.507 e. The van der Waals surface area contributed by atoms with Crippen molar-refractivity contribution in [2.75, 3.05) is 4.72 Å². The van der Waals surface area contributed by atoms with E-state index in [1.165, 1.54) is 24.3 Å². The molecule has 0 unspecified atom stereocenters. The highest BCUT2D eigenvalue weighted by atomic mass is 32.2. The second-order valence-electron chi connectivity index (χ2n) is 5.05. The zero-order valence-electron chi connectivity index (χ0n) is 12.7. The highest BCUT2D eigenvalue weighted by molar-refractivity contribution is 7.94. The van der Waals surface area contributed by atoms with Crippen molar-refractivity contribution in [1.82, 2.24) is 5.32 Å². The fraction of sp³-hybridized carbons (Fsp3) is 0.267. The van der Waals surface area contributed by atoms with E-state index < -0.39 is 15.9 Å². The molecule has 0 fully saturated rings. The first-order valence-electron chi connectivity index (χ1n) is 7.03. The summed E-state index contributed by atoms with van der Waals surface area (Å²) < 4.78 is 26.8. The van der Waals surface area contributed by atoms with Gasteiger partial charge in [-0.25, -0.2) is 8.42 Å². The molecule has 1 aromatic carbocycles. The Morgan fingerprint density at radius 1 is 1.35 bits per heavy atom. The van der Waals surface area contributed by atoms with Crippen LogP contribution < -0.4 is 10.0 Å². The number of phenols is 1. The Balaban J connectivity index is 2.18. The van der Waals surface area contributed by atoms with Crippen molar-refractivity contribution in [2.24, 2.45) is 0 Å². The summed E-state index contributed by atoms with van der Waals surface area (Å²) in [5, 5.41) is 14.4. The molecule has 2 rings (SSSR count). The van der Waals surface area contributed by atoms with Crippen LogP contribution >= 0.6 is 11.3 Å². The maximum Gasteiger partial charge on any atom is 0.271 e. The highest BCUT2D eigenvalue weighted by Gasteiger charge is 2.18. The van der Waals surface area contributed by atoms with E-state index in [4.69, 9.17) is 0 Å². The Kier molecular flexibility index (Phi) is 5.27. The molecule has 0 radical (unpaired) electrons. The maximum absolute atomic E-state index is 12.1. The molecule has 0 spiro atoms. The SMILES string of the molecule is CC[C@H](C)NC(=O)c1ccc(NS(=O)(=O)c2cccs2)cc1O. The lowest BCUT2D eigenvalue weighted by Crippen LogP contribution is -2.31. The predicted octanol–water partition coefficient (Wildman–Crippen LogP) is 2.78. The van der Waals surface area contributed by atoms with Gasteiger partial charge < -0.3 is 10.4 Å². The number of hydrogen-bond acceptors (Lipinski definition) is 5. The molecule has 0 saturated carbocycles. The van der Waals surface area contributed by atoms with Crippen LogP contribution in [0.2, 0.25) is 0 Å². The van der Waals surface area contributed by atoms with Crippen LogP contribution in [0, 0.1) is 0 Å². The minimum atomic E-state index is -3.69. The molecule has 0 saturated heterocycles. The molecule has 1 atom stereocenters. The minimum Gasteiger partial charge on any atom is -0.507 e. The monoisotopic (exact) mass is 354 g/mol. The van der Waals surface area contributed by atoms with Crippen molar-refractivity contribution in [2.45, 2.75) is 30.5 Å². The third kappa shape index (κ3) is 4.23.